The van der Waals surface area contributed by atoms with Crippen molar-refractivity contribution in [2.45, 2.75) is 31.6 Å². The van der Waals surface area contributed by atoms with Crippen molar-refractivity contribution < 1.29 is 22.7 Å². The number of amides is 2. The zero-order valence-electron chi connectivity index (χ0n) is 22.0. The third-order valence-corrected chi connectivity index (χ3v) is 8.08. The quantitative estimate of drug-likeness (QED) is 0.221. The van der Waals surface area contributed by atoms with Crippen LogP contribution in [0.15, 0.2) is 96.1 Å². The van der Waals surface area contributed by atoms with Crippen LogP contribution in [0.25, 0.3) is 21.7 Å². The van der Waals surface area contributed by atoms with E-state index in [4.69, 9.17) is 0 Å². The van der Waals surface area contributed by atoms with Crippen molar-refractivity contribution in [3.63, 3.8) is 0 Å². The van der Waals surface area contributed by atoms with Crippen molar-refractivity contribution in [3.8, 4) is 21.7 Å². The van der Waals surface area contributed by atoms with E-state index in [2.05, 4.69) is 21.5 Å². The average Bonchev–Trinajstić information content (AvgIpc) is 3.43. The minimum Gasteiger partial charge on any atom is -0.415 e. The molecule has 0 aliphatic rings. The molecule has 0 saturated heterocycles. The van der Waals surface area contributed by atoms with E-state index < -0.39 is 16.1 Å². The number of hydrogen-bond acceptors (Lipinski definition) is 8. The molecule has 0 fully saturated rings. The molecule has 0 unspecified atom stereocenters. The molecule has 206 valence electrons. The smallest absolute Gasteiger partial charge is 0.415 e. The van der Waals surface area contributed by atoms with Crippen LogP contribution < -0.4 is 9.62 Å². The SMILES string of the molecule is C=C(C)OC(=O)NS(=O)(=O)c1ccc(-c2nnc(N(CCCC)C(=O)c3ccc(-c4ccccc4)cc3)s2)cc1. The summed E-state index contributed by atoms with van der Waals surface area (Å²) in [7, 11) is -4.14. The summed E-state index contributed by atoms with van der Waals surface area (Å²) in [6.07, 6.45) is 0.541. The number of nitrogens with one attached hydrogen (secondary N) is 1. The number of ether oxygens (including phenoxy) is 1. The van der Waals surface area contributed by atoms with Gasteiger partial charge in [-0.05, 0) is 48.7 Å². The number of aromatic nitrogens is 2. The minimum absolute atomic E-state index is 0.0609. The Morgan fingerprint density at radius 2 is 1.55 bits per heavy atom. The van der Waals surface area contributed by atoms with Gasteiger partial charge in [0.1, 0.15) is 5.01 Å². The van der Waals surface area contributed by atoms with Gasteiger partial charge in [0, 0.05) is 17.7 Å². The minimum atomic E-state index is -4.14. The van der Waals surface area contributed by atoms with Gasteiger partial charge in [-0.2, -0.15) is 0 Å². The summed E-state index contributed by atoms with van der Waals surface area (Å²) in [5.74, 6) is -0.115. The van der Waals surface area contributed by atoms with Crippen LogP contribution in [0.2, 0.25) is 0 Å². The lowest BCUT2D eigenvalue weighted by atomic mass is 10.0. The van der Waals surface area contributed by atoms with Gasteiger partial charge in [0.05, 0.1) is 10.7 Å². The van der Waals surface area contributed by atoms with Gasteiger partial charge in [-0.25, -0.2) is 17.9 Å². The van der Waals surface area contributed by atoms with Crippen molar-refractivity contribution in [1.82, 2.24) is 14.9 Å². The fraction of sp³-hybridized carbons (Fsp3) is 0.172. The summed E-state index contributed by atoms with van der Waals surface area (Å²) in [5, 5.41) is 9.48. The molecule has 2 amide bonds. The van der Waals surface area contributed by atoms with E-state index in [0.717, 1.165) is 24.0 Å². The summed E-state index contributed by atoms with van der Waals surface area (Å²) in [6, 6.07) is 23.2. The van der Waals surface area contributed by atoms with Crippen molar-refractivity contribution in [2.24, 2.45) is 0 Å². The van der Waals surface area contributed by atoms with Crippen LogP contribution in [-0.4, -0.2) is 37.2 Å². The predicted molar refractivity (Wildman–Crippen MR) is 155 cm³/mol. The fourth-order valence-corrected chi connectivity index (χ4v) is 5.51. The normalized spacial score (nSPS) is 11.1. The molecule has 40 heavy (non-hydrogen) atoms. The fourth-order valence-electron chi connectivity index (χ4n) is 3.76. The number of benzene rings is 3. The molecular weight excluding hydrogens is 548 g/mol. The second-order valence-electron chi connectivity index (χ2n) is 8.86. The maximum Gasteiger partial charge on any atom is 0.426 e. The van der Waals surface area contributed by atoms with E-state index in [1.807, 2.05) is 66.2 Å². The lowest BCUT2D eigenvalue weighted by Gasteiger charge is -2.19. The molecule has 0 aliphatic heterocycles. The Hall–Kier alpha value is -4.35. The average molecular weight is 577 g/mol. The van der Waals surface area contributed by atoms with Crippen LogP contribution in [0.1, 0.15) is 37.0 Å². The standard InChI is InChI=1S/C29H28N4O5S2/c1-4-5-19-33(27(34)24-13-11-22(12-14-24)21-9-7-6-8-10-21)28-31-30-26(39-28)23-15-17-25(18-16-23)40(36,37)32-29(35)38-20(2)3/h6-18H,2,4-5,19H2,1,3H3,(H,32,35). The Kier molecular flexibility index (Phi) is 9.08. The van der Waals surface area contributed by atoms with Crippen molar-refractivity contribution in [1.29, 1.82) is 0 Å². The monoisotopic (exact) mass is 576 g/mol. The molecule has 0 saturated carbocycles. The Balaban J connectivity index is 1.53. The number of anilines is 1. The lowest BCUT2D eigenvalue weighted by molar-refractivity contribution is 0.0986. The first kappa shape index (κ1) is 28.7. The van der Waals surface area contributed by atoms with Gasteiger partial charge in [-0.1, -0.05) is 85.9 Å². The van der Waals surface area contributed by atoms with Crippen LogP contribution in [0.5, 0.6) is 0 Å². The first-order chi connectivity index (χ1) is 19.2. The van der Waals surface area contributed by atoms with Crippen molar-refractivity contribution in [2.75, 3.05) is 11.4 Å². The van der Waals surface area contributed by atoms with Gasteiger partial charge >= 0.3 is 6.09 Å². The topological polar surface area (TPSA) is 119 Å². The van der Waals surface area contributed by atoms with Crippen LogP contribution in [0.4, 0.5) is 9.93 Å². The third-order valence-electron chi connectivity index (χ3n) is 5.76. The van der Waals surface area contributed by atoms with Gasteiger partial charge in [0.25, 0.3) is 15.9 Å². The second kappa shape index (κ2) is 12.7. The Morgan fingerprint density at radius 3 is 2.17 bits per heavy atom. The zero-order valence-corrected chi connectivity index (χ0v) is 23.7. The van der Waals surface area contributed by atoms with E-state index in [9.17, 15) is 18.0 Å². The number of nitrogens with zero attached hydrogens (tertiary/aromatic N) is 3. The molecule has 0 bridgehead atoms. The number of allylic oxidation sites excluding steroid dienone is 1. The second-order valence-corrected chi connectivity index (χ2v) is 11.5. The summed E-state index contributed by atoms with van der Waals surface area (Å²) in [6.45, 7) is 7.36. The summed E-state index contributed by atoms with van der Waals surface area (Å²) in [4.78, 5) is 26.7. The molecule has 1 heterocycles. The van der Waals surface area contributed by atoms with Gasteiger partial charge in [-0.3, -0.25) is 9.69 Å². The molecule has 3 aromatic carbocycles. The van der Waals surface area contributed by atoms with Crippen LogP contribution >= 0.6 is 11.3 Å². The Bertz CT molecular complexity index is 1600. The van der Waals surface area contributed by atoms with Crippen molar-refractivity contribution >= 4 is 38.5 Å². The molecular formula is C29H28N4O5S2. The third kappa shape index (κ3) is 6.99. The van der Waals surface area contributed by atoms with Crippen molar-refractivity contribution in [3.05, 3.63) is 96.8 Å². The van der Waals surface area contributed by atoms with Crippen LogP contribution in [0, 0.1) is 0 Å². The highest BCUT2D eigenvalue weighted by Gasteiger charge is 2.23. The number of hydrogen-bond donors (Lipinski definition) is 1. The molecule has 0 spiro atoms. The Labute approximate surface area is 237 Å². The first-order valence-corrected chi connectivity index (χ1v) is 14.8. The van der Waals surface area contributed by atoms with E-state index in [0.29, 0.717) is 27.8 Å². The number of rotatable bonds is 10. The highest BCUT2D eigenvalue weighted by atomic mass is 32.2. The summed E-state index contributed by atoms with van der Waals surface area (Å²) < 4.78 is 31.4. The van der Waals surface area contributed by atoms with E-state index in [-0.39, 0.29) is 16.6 Å². The first-order valence-electron chi connectivity index (χ1n) is 12.5. The predicted octanol–water partition coefficient (Wildman–Crippen LogP) is 6.27. The summed E-state index contributed by atoms with van der Waals surface area (Å²) >= 11 is 1.23. The number of unbranched alkanes of at least 4 members (excludes halogenated alkanes) is 1. The molecule has 0 atom stereocenters. The van der Waals surface area contributed by atoms with Crippen LogP contribution in [-0.2, 0) is 14.8 Å². The number of carbonyl (C=O) groups excluding carboxylic acids is 2. The number of carbonyl (C=O) groups is 2. The molecule has 4 aromatic rings. The lowest BCUT2D eigenvalue weighted by Crippen LogP contribution is -2.31. The molecule has 0 radical (unpaired) electrons. The van der Waals surface area contributed by atoms with E-state index in [1.54, 1.807) is 17.0 Å². The highest BCUT2D eigenvalue weighted by Crippen LogP contribution is 2.31. The Morgan fingerprint density at radius 1 is 0.925 bits per heavy atom. The molecule has 4 rings (SSSR count). The van der Waals surface area contributed by atoms with Gasteiger partial charge in [-0.15, -0.1) is 10.2 Å². The molecule has 9 nitrogen and oxygen atoms in total. The maximum atomic E-state index is 13.5. The van der Waals surface area contributed by atoms with E-state index >= 15 is 0 Å². The maximum absolute atomic E-state index is 13.5. The number of sulfonamides is 1. The van der Waals surface area contributed by atoms with E-state index in [1.165, 1.54) is 30.4 Å². The van der Waals surface area contributed by atoms with Gasteiger partial charge in [0.2, 0.25) is 5.13 Å². The molecule has 1 aromatic heterocycles. The highest BCUT2D eigenvalue weighted by molar-refractivity contribution is 7.90. The molecule has 11 heteroatoms. The molecule has 0 aliphatic carbocycles. The largest absolute Gasteiger partial charge is 0.426 e. The van der Waals surface area contributed by atoms with Crippen LogP contribution in [0.3, 0.4) is 0 Å². The zero-order chi connectivity index (χ0) is 28.7. The van der Waals surface area contributed by atoms with Gasteiger partial charge in [0.15, 0.2) is 0 Å². The van der Waals surface area contributed by atoms with Gasteiger partial charge < -0.3 is 4.74 Å². The molecule has 1 N–H and O–H groups in total. The summed E-state index contributed by atoms with van der Waals surface area (Å²) in [5.41, 5.74) is 3.24.